The van der Waals surface area contributed by atoms with Crippen molar-refractivity contribution in [1.82, 2.24) is 0 Å². The maximum atomic E-state index is 14.0. The Morgan fingerprint density at radius 3 is 0.853 bits per heavy atom. The fourth-order valence-electron chi connectivity index (χ4n) is 6.42. The van der Waals surface area contributed by atoms with Crippen LogP contribution in [-0.2, 0) is 28.4 Å². The normalized spacial score (nSPS) is 17.6. The Bertz CT molecular complexity index is 2580. The van der Waals surface area contributed by atoms with Crippen LogP contribution in [0.1, 0.15) is 57.4 Å². The number of esters is 5. The third-order valence-corrected chi connectivity index (χ3v) is 10.0. The summed E-state index contributed by atoms with van der Waals surface area (Å²) < 4.78 is 33.8. The molecule has 0 saturated carbocycles. The van der Waals surface area contributed by atoms with Crippen LogP contribution >= 0.6 is 0 Å². The maximum Gasteiger partial charge on any atom is 0.338 e. The van der Waals surface area contributed by atoms with Gasteiger partial charge >= 0.3 is 29.8 Å². The summed E-state index contributed by atoms with van der Waals surface area (Å²) in [6.45, 7) is -0.955. The maximum absolute atomic E-state index is 14.0. The van der Waals surface area contributed by atoms with E-state index in [0.29, 0.717) is 48.5 Å². The predicted molar refractivity (Wildman–Crippen MR) is 217 cm³/mol. The van der Waals surface area contributed by atoms with Crippen molar-refractivity contribution in [2.45, 2.75) is 37.4 Å². The molecule has 0 aliphatic carbocycles. The minimum Gasteiger partial charge on any atom is -0.508 e. The average Bonchev–Trinajstić information content (AvgIpc) is 3.28. The van der Waals surface area contributed by atoms with Gasteiger partial charge in [-0.05, 0) is 67.6 Å². The second-order valence-corrected chi connectivity index (χ2v) is 14.6. The van der Waals surface area contributed by atoms with Gasteiger partial charge in [0, 0.05) is 5.56 Å². The summed E-state index contributed by atoms with van der Waals surface area (Å²) >= 11 is 0. The number of carbonyl (C=O) groups is 5. The first-order valence-corrected chi connectivity index (χ1v) is 19.1. The van der Waals surface area contributed by atoms with Gasteiger partial charge < -0.3 is 99.9 Å². The number of ether oxygens (including phenoxy) is 6. The first kappa shape index (κ1) is 48.1. The number of benzene rings is 5. The van der Waals surface area contributed by atoms with Crippen molar-refractivity contribution in [3.63, 3.8) is 0 Å². The minimum atomic E-state index is -2.37. The highest BCUT2D eigenvalue weighted by Crippen LogP contribution is 2.41. The fraction of sp³-hybridized carbons (Fsp3) is 0.186. The van der Waals surface area contributed by atoms with Crippen LogP contribution in [0.15, 0.2) is 60.7 Å². The Morgan fingerprint density at radius 2 is 0.588 bits per heavy atom. The third-order valence-electron chi connectivity index (χ3n) is 10.0. The number of rotatable bonds is 12. The fourth-order valence-corrected chi connectivity index (χ4v) is 6.42. The highest BCUT2D eigenvalue weighted by atomic mass is 16.7. The molecule has 0 radical (unpaired) electrons. The first-order valence-electron chi connectivity index (χ1n) is 19.1. The molecule has 358 valence electrons. The van der Waals surface area contributed by atoms with Crippen molar-refractivity contribution in [3.8, 4) is 80.5 Å². The number of hydrogen-bond acceptors (Lipinski definition) is 25. The van der Waals surface area contributed by atoms with Crippen molar-refractivity contribution < 1.29 is 124 Å². The SMILES string of the molecule is Cc1c(O)cc(C(=O)OC[C@H]2OC(COC(=O)c3cc(O)c(O)c(O)c3)[C@@H](OC(=O)c3cc(O)c(O)c(O)c3)[C@@H](OC(=O)c3cc(O)c(O)c(O)c3)C2OC(=O)c2cc(O)c(O)c(O)c2)cc1O. The molecule has 0 spiro atoms. The third kappa shape index (κ3) is 9.96. The molecule has 25 heteroatoms. The van der Waals surface area contributed by atoms with Gasteiger partial charge in [0.2, 0.25) is 0 Å². The van der Waals surface area contributed by atoms with E-state index in [4.69, 9.17) is 28.4 Å². The predicted octanol–water partition coefficient (Wildman–Crippen LogP) is 2.33. The Hall–Kier alpha value is -9.39. The lowest BCUT2D eigenvalue weighted by Crippen LogP contribution is -2.63. The largest absolute Gasteiger partial charge is 0.508 e. The summed E-state index contributed by atoms with van der Waals surface area (Å²) in [6, 6.07) is 6.63. The molecule has 14 N–H and O–H groups in total. The lowest BCUT2D eigenvalue weighted by molar-refractivity contribution is -0.235. The van der Waals surface area contributed by atoms with Crippen molar-refractivity contribution in [3.05, 3.63) is 94.0 Å². The highest BCUT2D eigenvalue weighted by molar-refractivity contribution is 5.94. The second kappa shape index (κ2) is 19.0. The van der Waals surface area contributed by atoms with Crippen LogP contribution in [0.3, 0.4) is 0 Å². The van der Waals surface area contributed by atoms with Crippen LogP contribution in [0.4, 0.5) is 0 Å². The second-order valence-electron chi connectivity index (χ2n) is 14.6. The lowest BCUT2D eigenvalue weighted by atomic mass is 9.94. The van der Waals surface area contributed by atoms with E-state index < -0.39 is 182 Å². The molecule has 25 nitrogen and oxygen atoms in total. The molecular weight excluding hydrogens is 916 g/mol. The smallest absolute Gasteiger partial charge is 0.338 e. The number of phenols is 14. The summed E-state index contributed by atoms with van der Waals surface area (Å²) in [6.07, 6.45) is -11.0. The van der Waals surface area contributed by atoms with Gasteiger partial charge in [0.15, 0.2) is 87.3 Å². The molecule has 2 unspecified atom stereocenters. The van der Waals surface area contributed by atoms with E-state index in [1.807, 2.05) is 0 Å². The van der Waals surface area contributed by atoms with Crippen molar-refractivity contribution in [2.24, 2.45) is 0 Å². The van der Waals surface area contributed by atoms with Crippen LogP contribution in [0.5, 0.6) is 80.5 Å². The van der Waals surface area contributed by atoms with Gasteiger partial charge in [-0.15, -0.1) is 0 Å². The summed E-state index contributed by atoms with van der Waals surface area (Å²) in [4.78, 5) is 68.4. The lowest BCUT2D eigenvalue weighted by Gasteiger charge is -2.44. The molecule has 0 bridgehead atoms. The zero-order valence-corrected chi connectivity index (χ0v) is 34.3. The van der Waals surface area contributed by atoms with Crippen LogP contribution in [0.25, 0.3) is 0 Å². The Morgan fingerprint density at radius 1 is 0.368 bits per heavy atom. The topological polar surface area (TPSA) is 424 Å². The number of carbonyl (C=O) groups excluding carboxylic acids is 5. The monoisotopic (exact) mass is 952 g/mol. The van der Waals surface area contributed by atoms with Crippen LogP contribution in [0, 0.1) is 6.92 Å². The van der Waals surface area contributed by atoms with E-state index in [1.54, 1.807) is 0 Å². The molecule has 68 heavy (non-hydrogen) atoms. The van der Waals surface area contributed by atoms with Crippen molar-refractivity contribution >= 4 is 29.8 Å². The first-order chi connectivity index (χ1) is 31.9. The molecule has 0 aromatic heterocycles. The molecule has 6 rings (SSSR count). The van der Waals surface area contributed by atoms with Gasteiger partial charge in [0.05, 0.1) is 27.8 Å². The quantitative estimate of drug-likeness (QED) is 0.0485. The zero-order valence-electron chi connectivity index (χ0n) is 34.3. The van der Waals surface area contributed by atoms with Gasteiger partial charge in [-0.25, -0.2) is 24.0 Å². The Balaban J connectivity index is 1.50. The number of hydrogen-bond donors (Lipinski definition) is 14. The molecule has 5 aromatic carbocycles. The zero-order chi connectivity index (χ0) is 50.0. The van der Waals surface area contributed by atoms with Crippen LogP contribution in [-0.4, -0.2) is 145 Å². The van der Waals surface area contributed by atoms with E-state index in [9.17, 15) is 95.5 Å². The molecular formula is C43H36O25. The van der Waals surface area contributed by atoms with E-state index in [0.717, 1.165) is 12.1 Å². The summed E-state index contributed by atoms with van der Waals surface area (Å²) in [7, 11) is 0. The van der Waals surface area contributed by atoms with Crippen molar-refractivity contribution in [2.75, 3.05) is 13.2 Å². The Kier molecular flexibility index (Phi) is 13.4. The molecule has 1 saturated heterocycles. The van der Waals surface area contributed by atoms with Gasteiger partial charge in [-0.3, -0.25) is 0 Å². The molecule has 0 amide bonds. The van der Waals surface area contributed by atoms with E-state index in [-0.39, 0.29) is 5.56 Å². The molecule has 1 aliphatic heterocycles. The van der Waals surface area contributed by atoms with Gasteiger partial charge in [-0.2, -0.15) is 0 Å². The number of aromatic hydroxyl groups is 14. The van der Waals surface area contributed by atoms with Gasteiger partial charge in [0.1, 0.15) is 36.9 Å². The molecule has 1 heterocycles. The molecule has 1 aliphatic rings. The molecule has 5 aromatic rings. The summed E-state index contributed by atoms with van der Waals surface area (Å²) in [5.74, 6) is -21.3. The van der Waals surface area contributed by atoms with E-state index in [1.165, 1.54) is 6.92 Å². The van der Waals surface area contributed by atoms with Crippen molar-refractivity contribution in [1.29, 1.82) is 0 Å². The standard InChI is InChI=1S/C43H36O25/c1-14-20(44)2-15(3-21(14)45)39(58)63-12-30-36(66-41(60)17-6-24(48)33(55)25(49)7-17)38(68-43(62)19-10-28(52)35(57)29(53)11-19)37(67-42(61)18-8-26(50)34(56)27(51)9-18)31(65-30)13-64-40(59)16-4-22(46)32(54)23(47)5-16/h2-11,30-31,36-38,44-57H,12-13H2,1H3/t30-,31?,36?,37-,38+/m1/s1. The average molecular weight is 953 g/mol. The summed E-state index contributed by atoms with van der Waals surface area (Å²) in [5.41, 5.74) is -3.38. The van der Waals surface area contributed by atoms with E-state index in [2.05, 4.69) is 0 Å². The van der Waals surface area contributed by atoms with E-state index >= 15 is 0 Å². The number of phenolic OH excluding ortho intramolecular Hbond substituents is 14. The highest BCUT2D eigenvalue weighted by Gasteiger charge is 2.53. The van der Waals surface area contributed by atoms with Crippen LogP contribution in [0.2, 0.25) is 0 Å². The minimum absolute atomic E-state index is 0.0381. The Labute approximate surface area is 378 Å². The van der Waals surface area contributed by atoms with Gasteiger partial charge in [0.25, 0.3) is 0 Å². The molecule has 1 fully saturated rings. The summed E-state index contributed by atoms with van der Waals surface area (Å²) in [5, 5.41) is 141. The van der Waals surface area contributed by atoms with Crippen LogP contribution < -0.4 is 0 Å². The van der Waals surface area contributed by atoms with Gasteiger partial charge in [-0.1, -0.05) is 0 Å². The molecule has 5 atom stereocenters.